The first kappa shape index (κ1) is 5.56. The van der Waals surface area contributed by atoms with Gasteiger partial charge in [-0.15, -0.1) is 0 Å². The SMILES string of the molecule is BrNc1ccccn1. The quantitative estimate of drug-likeness (QED) is 0.655. The molecule has 0 bridgehead atoms. The Morgan fingerprint density at radius 3 is 2.75 bits per heavy atom. The minimum absolute atomic E-state index is 0.826. The highest BCUT2D eigenvalue weighted by Gasteiger charge is 1.81. The van der Waals surface area contributed by atoms with Crippen LogP contribution in [0.1, 0.15) is 0 Å². The molecule has 0 aromatic carbocycles. The molecule has 0 saturated heterocycles. The maximum absolute atomic E-state index is 3.94. The van der Waals surface area contributed by atoms with Crippen molar-refractivity contribution in [1.82, 2.24) is 4.98 Å². The van der Waals surface area contributed by atoms with Crippen molar-refractivity contribution < 1.29 is 0 Å². The molecule has 0 radical (unpaired) electrons. The number of nitrogens with zero attached hydrogens (tertiary/aromatic N) is 1. The van der Waals surface area contributed by atoms with E-state index in [9.17, 15) is 0 Å². The third-order valence-electron chi connectivity index (χ3n) is 0.762. The Morgan fingerprint density at radius 1 is 1.50 bits per heavy atom. The van der Waals surface area contributed by atoms with Crippen LogP contribution in [0.5, 0.6) is 0 Å². The molecule has 0 aliphatic carbocycles. The van der Waals surface area contributed by atoms with Crippen molar-refractivity contribution in [2.45, 2.75) is 0 Å². The molecule has 0 amide bonds. The predicted octanol–water partition coefficient (Wildman–Crippen LogP) is 1.80. The van der Waals surface area contributed by atoms with Gasteiger partial charge >= 0.3 is 0 Å². The normalized spacial score (nSPS) is 8.62. The average molecular weight is 173 g/mol. The topological polar surface area (TPSA) is 24.9 Å². The Balaban J connectivity index is 2.83. The minimum atomic E-state index is 0.826. The zero-order valence-corrected chi connectivity index (χ0v) is 5.72. The van der Waals surface area contributed by atoms with Crippen molar-refractivity contribution >= 4 is 22.0 Å². The minimum Gasteiger partial charge on any atom is -0.307 e. The molecule has 8 heavy (non-hydrogen) atoms. The lowest BCUT2D eigenvalue weighted by Crippen LogP contribution is -1.80. The lowest BCUT2D eigenvalue weighted by atomic mass is 10.5. The van der Waals surface area contributed by atoms with Crippen molar-refractivity contribution in [3.8, 4) is 0 Å². The lowest BCUT2D eigenvalue weighted by Gasteiger charge is -1.90. The first-order chi connectivity index (χ1) is 3.93. The maximum atomic E-state index is 3.94. The van der Waals surface area contributed by atoms with E-state index in [0.717, 1.165) is 5.82 Å². The zero-order chi connectivity index (χ0) is 5.82. The van der Waals surface area contributed by atoms with Gasteiger partial charge in [-0.1, -0.05) is 6.07 Å². The number of hydrogen-bond acceptors (Lipinski definition) is 2. The molecule has 3 heteroatoms. The highest BCUT2D eigenvalue weighted by molar-refractivity contribution is 9.10. The molecule has 1 rings (SSSR count). The van der Waals surface area contributed by atoms with Crippen LogP contribution in [0.2, 0.25) is 0 Å². The summed E-state index contributed by atoms with van der Waals surface area (Å²) in [6.45, 7) is 0. The highest BCUT2D eigenvalue weighted by Crippen LogP contribution is 2.00. The maximum Gasteiger partial charge on any atom is 0.135 e. The fraction of sp³-hybridized carbons (Fsp3) is 0. The molecule has 0 unspecified atom stereocenters. The third kappa shape index (κ3) is 1.20. The van der Waals surface area contributed by atoms with Gasteiger partial charge in [0.15, 0.2) is 0 Å². The number of halogens is 1. The van der Waals surface area contributed by atoms with E-state index in [4.69, 9.17) is 0 Å². The monoisotopic (exact) mass is 172 g/mol. The number of anilines is 1. The summed E-state index contributed by atoms with van der Waals surface area (Å²) in [4.78, 5) is 3.94. The van der Waals surface area contributed by atoms with Crippen LogP contribution in [0.3, 0.4) is 0 Å². The van der Waals surface area contributed by atoms with Crippen molar-refractivity contribution in [3.63, 3.8) is 0 Å². The van der Waals surface area contributed by atoms with Crippen LogP contribution in [0.25, 0.3) is 0 Å². The molecule has 1 aromatic heterocycles. The van der Waals surface area contributed by atoms with E-state index in [1.165, 1.54) is 0 Å². The summed E-state index contributed by atoms with van der Waals surface area (Å²) in [7, 11) is 0. The second-order valence-electron chi connectivity index (χ2n) is 1.31. The van der Waals surface area contributed by atoms with Gasteiger partial charge in [0.25, 0.3) is 0 Å². The number of nitrogens with one attached hydrogen (secondary N) is 1. The second kappa shape index (κ2) is 2.67. The number of aromatic nitrogens is 1. The Kier molecular flexibility index (Phi) is 1.86. The first-order valence-corrected chi connectivity index (χ1v) is 3.00. The van der Waals surface area contributed by atoms with E-state index >= 15 is 0 Å². The van der Waals surface area contributed by atoms with Crippen molar-refractivity contribution in [2.24, 2.45) is 0 Å². The van der Waals surface area contributed by atoms with Gasteiger partial charge in [-0.25, -0.2) is 4.98 Å². The number of rotatable bonds is 1. The van der Waals surface area contributed by atoms with E-state index < -0.39 is 0 Å². The van der Waals surface area contributed by atoms with Gasteiger partial charge in [0.2, 0.25) is 0 Å². The molecule has 0 aliphatic rings. The lowest BCUT2D eigenvalue weighted by molar-refractivity contribution is 1.34. The van der Waals surface area contributed by atoms with Gasteiger partial charge in [0.05, 0.1) is 0 Å². The number of hydrogen-bond donors (Lipinski definition) is 1. The van der Waals surface area contributed by atoms with Crippen LogP contribution < -0.4 is 4.34 Å². The molecule has 0 atom stereocenters. The van der Waals surface area contributed by atoms with E-state index in [1.807, 2.05) is 18.2 Å². The largest absolute Gasteiger partial charge is 0.307 e. The second-order valence-corrected chi connectivity index (χ2v) is 1.71. The van der Waals surface area contributed by atoms with Crippen LogP contribution in [0.15, 0.2) is 24.4 Å². The van der Waals surface area contributed by atoms with Crippen LogP contribution >= 0.6 is 16.1 Å². The summed E-state index contributed by atoms with van der Waals surface area (Å²) in [5, 5.41) is 0. The van der Waals surface area contributed by atoms with Crippen molar-refractivity contribution in [1.29, 1.82) is 0 Å². The van der Waals surface area contributed by atoms with E-state index in [2.05, 4.69) is 25.5 Å². The van der Waals surface area contributed by atoms with Crippen molar-refractivity contribution in [3.05, 3.63) is 24.4 Å². The zero-order valence-electron chi connectivity index (χ0n) is 4.13. The van der Waals surface area contributed by atoms with Gasteiger partial charge in [0, 0.05) is 22.3 Å². The van der Waals surface area contributed by atoms with Gasteiger partial charge in [-0.2, -0.15) is 0 Å². The molecule has 1 heterocycles. The van der Waals surface area contributed by atoms with Crippen molar-refractivity contribution in [2.75, 3.05) is 4.34 Å². The Morgan fingerprint density at radius 2 is 2.38 bits per heavy atom. The molecule has 42 valence electrons. The fourth-order valence-electron chi connectivity index (χ4n) is 0.419. The number of pyridine rings is 1. The van der Waals surface area contributed by atoms with Crippen LogP contribution in [0.4, 0.5) is 5.82 Å². The van der Waals surface area contributed by atoms with Gasteiger partial charge in [0.1, 0.15) is 5.82 Å². The Hall–Kier alpha value is -0.570. The molecule has 0 spiro atoms. The smallest absolute Gasteiger partial charge is 0.135 e. The molecule has 1 N–H and O–H groups in total. The van der Waals surface area contributed by atoms with Crippen LogP contribution in [-0.2, 0) is 0 Å². The molecule has 0 fully saturated rings. The van der Waals surface area contributed by atoms with E-state index in [0.29, 0.717) is 0 Å². The summed E-state index contributed by atoms with van der Waals surface area (Å²) < 4.78 is 2.73. The Labute approximate surface area is 56.3 Å². The van der Waals surface area contributed by atoms with Gasteiger partial charge in [-0.05, 0) is 12.1 Å². The first-order valence-electron chi connectivity index (χ1n) is 2.21. The molecule has 0 saturated carbocycles. The van der Waals surface area contributed by atoms with Gasteiger partial charge in [-0.3, -0.25) is 0 Å². The van der Waals surface area contributed by atoms with E-state index in [1.54, 1.807) is 6.20 Å². The fourth-order valence-corrected chi connectivity index (χ4v) is 0.653. The molecular formula is C5H5BrN2. The van der Waals surface area contributed by atoms with Gasteiger partial charge < -0.3 is 4.34 Å². The third-order valence-corrected chi connectivity index (χ3v) is 1.17. The molecule has 1 aromatic rings. The average Bonchev–Trinajstić information content (AvgIpc) is 1.90. The van der Waals surface area contributed by atoms with Crippen LogP contribution in [-0.4, -0.2) is 4.98 Å². The van der Waals surface area contributed by atoms with E-state index in [-0.39, 0.29) is 0 Å². The highest BCUT2D eigenvalue weighted by atomic mass is 79.9. The molecular weight excluding hydrogens is 168 g/mol. The molecule has 2 nitrogen and oxygen atoms in total. The van der Waals surface area contributed by atoms with Crippen LogP contribution in [0, 0.1) is 0 Å². The molecule has 0 aliphatic heterocycles. The summed E-state index contributed by atoms with van der Waals surface area (Å²) in [5.41, 5.74) is 0. The summed E-state index contributed by atoms with van der Waals surface area (Å²) in [5.74, 6) is 0.826. The predicted molar refractivity (Wildman–Crippen MR) is 36.8 cm³/mol. The summed E-state index contributed by atoms with van der Waals surface area (Å²) in [6.07, 6.45) is 1.73. The summed E-state index contributed by atoms with van der Waals surface area (Å²) >= 11 is 3.04. The Bertz CT molecular complexity index is 152. The summed E-state index contributed by atoms with van der Waals surface area (Å²) in [6, 6.07) is 5.65. The standard InChI is InChI=1S/C5H5BrN2/c6-8-5-3-1-2-4-7-5/h1-4H,(H,7,8).